The molecule has 8 nitrogen and oxygen atoms in total. The number of carbonyl (C=O) groups excluding carboxylic acids is 2. The third-order valence-electron chi connectivity index (χ3n) is 3.37. The van der Waals surface area contributed by atoms with Crippen LogP contribution in [-0.4, -0.2) is 23.8 Å². The highest BCUT2D eigenvalue weighted by atomic mass is 16.2. The fourth-order valence-corrected chi connectivity index (χ4v) is 2.42. The van der Waals surface area contributed by atoms with Crippen molar-refractivity contribution in [2.24, 2.45) is 28.4 Å². The van der Waals surface area contributed by atoms with E-state index >= 15 is 0 Å². The highest BCUT2D eigenvalue weighted by molar-refractivity contribution is 5.91. The van der Waals surface area contributed by atoms with Gasteiger partial charge in [0.25, 0.3) is 0 Å². The van der Waals surface area contributed by atoms with E-state index in [1.54, 1.807) is 0 Å². The van der Waals surface area contributed by atoms with E-state index in [9.17, 15) is 9.59 Å². The molecule has 0 bridgehead atoms. The number of nitrogens with one attached hydrogen (secondary N) is 3. The van der Waals surface area contributed by atoms with Gasteiger partial charge in [-0.2, -0.15) is 5.10 Å². The number of nitrogens with zero attached hydrogens (tertiary/aromatic N) is 1. The normalized spacial score (nSPS) is 28.9. The van der Waals surface area contributed by atoms with Crippen molar-refractivity contribution in [2.75, 3.05) is 0 Å². The molecule has 108 valence electrons. The fraction of sp³-hybridized carbons (Fsp3) is 0.727. The van der Waals surface area contributed by atoms with Gasteiger partial charge in [-0.1, -0.05) is 20.3 Å². The van der Waals surface area contributed by atoms with Crippen LogP contribution in [0.4, 0.5) is 9.59 Å². The summed E-state index contributed by atoms with van der Waals surface area (Å²) in [5.74, 6) is 0.772. The number of urea groups is 2. The second-order valence-electron chi connectivity index (χ2n) is 4.88. The number of hydrogen-bond donors (Lipinski definition) is 5. The lowest BCUT2D eigenvalue weighted by atomic mass is 9.77. The van der Waals surface area contributed by atoms with Crippen LogP contribution in [0.3, 0.4) is 0 Å². The molecule has 8 heteroatoms. The summed E-state index contributed by atoms with van der Waals surface area (Å²) in [6.07, 6.45) is 2.80. The maximum Gasteiger partial charge on any atom is 0.332 e. The Bertz CT molecular complexity index is 370. The minimum atomic E-state index is -0.708. The van der Waals surface area contributed by atoms with Crippen molar-refractivity contribution in [2.45, 2.75) is 39.2 Å². The SMILES string of the molecule is CC[C@H]1C/C(=N\NC(N)=O)[C@@H](NNC(N)=O)[C@H](C)C1. The molecule has 0 saturated heterocycles. The second kappa shape index (κ2) is 6.93. The zero-order valence-corrected chi connectivity index (χ0v) is 11.3. The molecule has 4 amide bonds. The maximum absolute atomic E-state index is 10.8. The molecule has 19 heavy (non-hydrogen) atoms. The Morgan fingerprint density at radius 1 is 1.37 bits per heavy atom. The van der Waals surface area contributed by atoms with Crippen LogP contribution in [0.2, 0.25) is 0 Å². The van der Waals surface area contributed by atoms with Crippen LogP contribution in [0.1, 0.15) is 33.1 Å². The number of rotatable bonds is 4. The van der Waals surface area contributed by atoms with Gasteiger partial charge in [0.15, 0.2) is 0 Å². The second-order valence-corrected chi connectivity index (χ2v) is 4.88. The molecule has 3 atom stereocenters. The molecule has 1 fully saturated rings. The summed E-state index contributed by atoms with van der Waals surface area (Å²) in [4.78, 5) is 21.5. The first-order valence-corrected chi connectivity index (χ1v) is 6.36. The van der Waals surface area contributed by atoms with Gasteiger partial charge in [0.2, 0.25) is 0 Å². The highest BCUT2D eigenvalue weighted by Gasteiger charge is 2.32. The van der Waals surface area contributed by atoms with Crippen LogP contribution in [0.25, 0.3) is 0 Å². The highest BCUT2D eigenvalue weighted by Crippen LogP contribution is 2.29. The number of carbonyl (C=O) groups is 2. The third kappa shape index (κ3) is 4.74. The zero-order valence-electron chi connectivity index (χ0n) is 11.3. The largest absolute Gasteiger partial charge is 0.351 e. The van der Waals surface area contributed by atoms with E-state index in [-0.39, 0.29) is 12.0 Å². The Morgan fingerprint density at radius 3 is 2.58 bits per heavy atom. The van der Waals surface area contributed by atoms with Crippen molar-refractivity contribution in [1.82, 2.24) is 16.3 Å². The van der Waals surface area contributed by atoms with Gasteiger partial charge in [-0.05, 0) is 24.7 Å². The number of primary amides is 2. The topological polar surface area (TPSA) is 135 Å². The summed E-state index contributed by atoms with van der Waals surface area (Å²) < 4.78 is 0. The Labute approximate surface area is 112 Å². The molecular formula is C11H22N6O2. The van der Waals surface area contributed by atoms with E-state index in [1.807, 2.05) is 0 Å². The molecule has 0 aromatic heterocycles. The van der Waals surface area contributed by atoms with Crippen molar-refractivity contribution < 1.29 is 9.59 Å². The van der Waals surface area contributed by atoms with E-state index in [4.69, 9.17) is 11.5 Å². The first-order valence-electron chi connectivity index (χ1n) is 6.36. The van der Waals surface area contributed by atoms with E-state index in [1.165, 1.54) is 0 Å². The van der Waals surface area contributed by atoms with Crippen molar-refractivity contribution in [3.05, 3.63) is 0 Å². The minimum absolute atomic E-state index is 0.165. The van der Waals surface area contributed by atoms with Gasteiger partial charge in [-0.3, -0.25) is 5.43 Å². The summed E-state index contributed by atoms with van der Waals surface area (Å²) >= 11 is 0. The molecule has 1 aliphatic carbocycles. The van der Waals surface area contributed by atoms with Gasteiger partial charge in [-0.25, -0.2) is 20.4 Å². The molecule has 0 aromatic rings. The lowest BCUT2D eigenvalue weighted by Crippen LogP contribution is -2.55. The lowest BCUT2D eigenvalue weighted by Gasteiger charge is -2.35. The first kappa shape index (κ1) is 15.2. The summed E-state index contributed by atoms with van der Waals surface area (Å²) in [7, 11) is 0. The molecule has 0 aromatic carbocycles. The number of amides is 4. The van der Waals surface area contributed by atoms with E-state index in [2.05, 4.69) is 35.2 Å². The summed E-state index contributed by atoms with van der Waals surface area (Å²) in [5.41, 5.74) is 18.3. The predicted molar refractivity (Wildman–Crippen MR) is 72.0 cm³/mol. The molecule has 1 rings (SSSR count). The van der Waals surface area contributed by atoms with Gasteiger partial charge in [-0.15, -0.1) is 0 Å². The van der Waals surface area contributed by atoms with Gasteiger partial charge in [0, 0.05) is 0 Å². The van der Waals surface area contributed by atoms with Gasteiger partial charge in [0.1, 0.15) is 0 Å². The van der Waals surface area contributed by atoms with Crippen LogP contribution < -0.4 is 27.7 Å². The molecule has 0 heterocycles. The van der Waals surface area contributed by atoms with Gasteiger partial charge >= 0.3 is 12.1 Å². The zero-order chi connectivity index (χ0) is 14.4. The van der Waals surface area contributed by atoms with Crippen LogP contribution in [0.5, 0.6) is 0 Å². The maximum atomic E-state index is 10.8. The van der Waals surface area contributed by atoms with Gasteiger partial charge < -0.3 is 11.5 Å². The van der Waals surface area contributed by atoms with Crippen LogP contribution in [0.15, 0.2) is 5.10 Å². The molecule has 7 N–H and O–H groups in total. The molecule has 0 unspecified atom stereocenters. The summed E-state index contributed by atoms with van der Waals surface area (Å²) in [6, 6.07) is -1.53. The van der Waals surface area contributed by atoms with Crippen LogP contribution in [-0.2, 0) is 0 Å². The van der Waals surface area contributed by atoms with Gasteiger partial charge in [0.05, 0.1) is 11.8 Å². The molecule has 0 spiro atoms. The van der Waals surface area contributed by atoms with Crippen molar-refractivity contribution in [3.8, 4) is 0 Å². The van der Waals surface area contributed by atoms with Crippen molar-refractivity contribution in [3.63, 3.8) is 0 Å². The standard InChI is InChI=1S/C11H22N6O2/c1-3-7-4-6(2)9(15-17-11(13)19)8(5-7)14-16-10(12)18/h6-7,9,15H,3-5H2,1-2H3,(H3,12,16,18)(H3,13,17,19)/b14-8+/t6-,7-,9+/m1/s1. The smallest absolute Gasteiger partial charge is 0.332 e. The predicted octanol–water partition coefficient (Wildman–Crippen LogP) is 0.00830. The summed E-state index contributed by atoms with van der Waals surface area (Å²) in [6.45, 7) is 4.17. The van der Waals surface area contributed by atoms with Crippen LogP contribution in [0, 0.1) is 11.8 Å². The number of hydrazine groups is 1. The average Bonchev–Trinajstić information content (AvgIpc) is 2.34. The molecule has 1 aliphatic rings. The monoisotopic (exact) mass is 270 g/mol. The fourth-order valence-electron chi connectivity index (χ4n) is 2.42. The van der Waals surface area contributed by atoms with Crippen LogP contribution >= 0.6 is 0 Å². The quantitative estimate of drug-likeness (QED) is 0.460. The van der Waals surface area contributed by atoms with E-state index < -0.39 is 12.1 Å². The first-order chi connectivity index (χ1) is 8.93. The number of hydrogen-bond acceptors (Lipinski definition) is 4. The molecule has 0 aliphatic heterocycles. The van der Waals surface area contributed by atoms with E-state index in [0.717, 1.165) is 25.0 Å². The Kier molecular flexibility index (Phi) is 5.56. The Hall–Kier alpha value is -1.83. The Morgan fingerprint density at radius 2 is 2.05 bits per heavy atom. The van der Waals surface area contributed by atoms with Crippen molar-refractivity contribution in [1.29, 1.82) is 0 Å². The number of hydrazone groups is 1. The number of nitrogens with two attached hydrogens (primary N) is 2. The lowest BCUT2D eigenvalue weighted by molar-refractivity contribution is 0.236. The molecule has 1 saturated carbocycles. The van der Waals surface area contributed by atoms with Crippen molar-refractivity contribution >= 4 is 17.8 Å². The summed E-state index contributed by atoms with van der Waals surface area (Å²) in [5, 5.41) is 4.03. The molecule has 0 radical (unpaired) electrons. The Balaban J connectivity index is 2.78. The molecular weight excluding hydrogens is 248 g/mol. The van der Waals surface area contributed by atoms with E-state index in [0.29, 0.717) is 5.92 Å². The third-order valence-corrected chi connectivity index (χ3v) is 3.37. The average molecular weight is 270 g/mol. The minimum Gasteiger partial charge on any atom is -0.351 e.